The van der Waals surface area contributed by atoms with Gasteiger partial charge in [-0.1, -0.05) is 92.2 Å². The van der Waals surface area contributed by atoms with Gasteiger partial charge in [-0.05, 0) is 34.2 Å². The molecular weight excluding hydrogens is 252 g/mol. The average molecular weight is 272 g/mol. The van der Waals surface area contributed by atoms with E-state index in [4.69, 9.17) is 0 Å². The molecular formula is C21H20. The Morgan fingerprint density at radius 1 is 0.571 bits per heavy atom. The predicted molar refractivity (Wildman–Crippen MR) is 91.3 cm³/mol. The molecule has 0 amide bonds. The van der Waals surface area contributed by atoms with Crippen LogP contribution < -0.4 is 0 Å². The van der Waals surface area contributed by atoms with Crippen molar-refractivity contribution in [1.29, 1.82) is 0 Å². The smallest absolute Gasteiger partial charge is 0.0146 e. The fourth-order valence-electron chi connectivity index (χ4n) is 2.88. The van der Waals surface area contributed by atoms with E-state index in [0.29, 0.717) is 0 Å². The maximum Gasteiger partial charge on any atom is -0.0146 e. The SMILES string of the molecule is CCCc1c(-c2ccccc2)cccc1-c1ccccc1. The van der Waals surface area contributed by atoms with Crippen molar-refractivity contribution in [3.05, 3.63) is 84.4 Å². The Kier molecular flexibility index (Phi) is 4.16. The molecule has 0 nitrogen and oxygen atoms in total. The van der Waals surface area contributed by atoms with Crippen LogP contribution in [0.25, 0.3) is 22.3 Å². The molecule has 3 aromatic rings. The summed E-state index contributed by atoms with van der Waals surface area (Å²) in [6, 6.07) is 28.0. The van der Waals surface area contributed by atoms with E-state index in [9.17, 15) is 0 Å². The van der Waals surface area contributed by atoms with Gasteiger partial charge in [0.15, 0.2) is 0 Å². The molecule has 0 atom stereocenters. The minimum Gasteiger partial charge on any atom is -0.0651 e. The van der Waals surface area contributed by atoms with Gasteiger partial charge >= 0.3 is 0 Å². The summed E-state index contributed by atoms with van der Waals surface area (Å²) in [5, 5.41) is 0. The lowest BCUT2D eigenvalue weighted by Crippen LogP contribution is -1.94. The maximum atomic E-state index is 2.25. The number of rotatable bonds is 4. The van der Waals surface area contributed by atoms with Crippen LogP contribution in [0.3, 0.4) is 0 Å². The topological polar surface area (TPSA) is 0 Å². The lowest BCUT2D eigenvalue weighted by molar-refractivity contribution is 0.925. The third-order valence-corrected chi connectivity index (χ3v) is 3.85. The molecule has 104 valence electrons. The van der Waals surface area contributed by atoms with Gasteiger partial charge in [-0.15, -0.1) is 0 Å². The van der Waals surface area contributed by atoms with Gasteiger partial charge in [-0.25, -0.2) is 0 Å². The Balaban J connectivity index is 2.18. The van der Waals surface area contributed by atoms with Crippen LogP contribution in [0.4, 0.5) is 0 Å². The highest BCUT2D eigenvalue weighted by Gasteiger charge is 2.10. The van der Waals surface area contributed by atoms with Crippen LogP contribution >= 0.6 is 0 Å². The standard InChI is InChI=1S/C21H20/c1-2-10-21-19(17-11-5-3-6-12-17)15-9-16-20(21)18-13-7-4-8-14-18/h3-9,11-16H,2,10H2,1H3. The summed E-state index contributed by atoms with van der Waals surface area (Å²) < 4.78 is 0. The van der Waals surface area contributed by atoms with Gasteiger partial charge in [-0.3, -0.25) is 0 Å². The molecule has 0 aromatic heterocycles. The van der Waals surface area contributed by atoms with E-state index in [1.807, 2.05) is 0 Å². The summed E-state index contributed by atoms with van der Waals surface area (Å²) in [6.07, 6.45) is 2.26. The van der Waals surface area contributed by atoms with Crippen LogP contribution in [0, 0.1) is 0 Å². The molecule has 0 heterocycles. The number of benzene rings is 3. The summed E-state index contributed by atoms with van der Waals surface area (Å²) >= 11 is 0. The Morgan fingerprint density at radius 3 is 1.48 bits per heavy atom. The van der Waals surface area contributed by atoms with Gasteiger partial charge in [0.25, 0.3) is 0 Å². The van der Waals surface area contributed by atoms with E-state index in [1.54, 1.807) is 0 Å². The van der Waals surface area contributed by atoms with Crippen molar-refractivity contribution in [2.24, 2.45) is 0 Å². The van der Waals surface area contributed by atoms with Crippen LogP contribution in [0.5, 0.6) is 0 Å². The summed E-state index contributed by atoms with van der Waals surface area (Å²) in [5.74, 6) is 0. The minimum absolute atomic E-state index is 1.11. The zero-order valence-corrected chi connectivity index (χ0v) is 12.4. The van der Waals surface area contributed by atoms with Crippen molar-refractivity contribution in [3.8, 4) is 22.3 Å². The van der Waals surface area contributed by atoms with Gasteiger partial charge in [0, 0.05) is 0 Å². The molecule has 0 spiro atoms. The Morgan fingerprint density at radius 2 is 1.05 bits per heavy atom. The zero-order chi connectivity index (χ0) is 14.5. The van der Waals surface area contributed by atoms with Gasteiger partial charge in [0.05, 0.1) is 0 Å². The lowest BCUT2D eigenvalue weighted by atomic mass is 9.89. The molecule has 0 aliphatic heterocycles. The van der Waals surface area contributed by atoms with Gasteiger partial charge in [0.1, 0.15) is 0 Å². The number of hydrogen-bond donors (Lipinski definition) is 0. The fraction of sp³-hybridized carbons (Fsp3) is 0.143. The van der Waals surface area contributed by atoms with Crippen LogP contribution in [0.2, 0.25) is 0 Å². The van der Waals surface area contributed by atoms with Gasteiger partial charge in [0.2, 0.25) is 0 Å². The van der Waals surface area contributed by atoms with Crippen molar-refractivity contribution in [2.75, 3.05) is 0 Å². The van der Waals surface area contributed by atoms with E-state index < -0.39 is 0 Å². The monoisotopic (exact) mass is 272 g/mol. The molecule has 3 rings (SSSR count). The van der Waals surface area contributed by atoms with Crippen molar-refractivity contribution in [1.82, 2.24) is 0 Å². The highest BCUT2D eigenvalue weighted by Crippen LogP contribution is 2.33. The molecule has 0 fully saturated rings. The highest BCUT2D eigenvalue weighted by molar-refractivity contribution is 5.78. The summed E-state index contributed by atoms with van der Waals surface area (Å²) in [4.78, 5) is 0. The predicted octanol–water partition coefficient (Wildman–Crippen LogP) is 5.97. The third kappa shape index (κ3) is 2.90. The molecule has 0 saturated heterocycles. The molecule has 3 aromatic carbocycles. The Labute approximate surface area is 127 Å². The van der Waals surface area contributed by atoms with Crippen molar-refractivity contribution >= 4 is 0 Å². The largest absolute Gasteiger partial charge is 0.0651 e. The molecule has 0 aliphatic rings. The molecule has 21 heavy (non-hydrogen) atoms. The first-order chi connectivity index (χ1) is 10.4. The van der Waals surface area contributed by atoms with E-state index in [0.717, 1.165) is 12.8 Å². The van der Waals surface area contributed by atoms with Crippen LogP contribution in [-0.2, 0) is 6.42 Å². The summed E-state index contributed by atoms with van der Waals surface area (Å²) in [7, 11) is 0. The molecule has 0 heteroatoms. The quantitative estimate of drug-likeness (QED) is 0.548. The van der Waals surface area contributed by atoms with Crippen molar-refractivity contribution in [2.45, 2.75) is 19.8 Å². The Bertz CT molecular complexity index is 639. The summed E-state index contributed by atoms with van der Waals surface area (Å²) in [6.45, 7) is 2.25. The van der Waals surface area contributed by atoms with Crippen molar-refractivity contribution < 1.29 is 0 Å². The first kappa shape index (κ1) is 13.6. The maximum absolute atomic E-state index is 2.25. The minimum atomic E-state index is 1.11. The van der Waals surface area contributed by atoms with E-state index in [-0.39, 0.29) is 0 Å². The Hall–Kier alpha value is -2.34. The highest BCUT2D eigenvalue weighted by atomic mass is 14.1. The lowest BCUT2D eigenvalue weighted by Gasteiger charge is -2.15. The third-order valence-electron chi connectivity index (χ3n) is 3.85. The van der Waals surface area contributed by atoms with Gasteiger partial charge < -0.3 is 0 Å². The number of hydrogen-bond acceptors (Lipinski definition) is 0. The molecule has 0 radical (unpaired) electrons. The van der Waals surface area contributed by atoms with Gasteiger partial charge in [-0.2, -0.15) is 0 Å². The summed E-state index contributed by atoms with van der Waals surface area (Å²) in [5.41, 5.74) is 6.78. The van der Waals surface area contributed by atoms with E-state index in [2.05, 4.69) is 85.8 Å². The van der Waals surface area contributed by atoms with E-state index >= 15 is 0 Å². The first-order valence-corrected chi connectivity index (χ1v) is 7.63. The van der Waals surface area contributed by atoms with Crippen LogP contribution in [-0.4, -0.2) is 0 Å². The fourth-order valence-corrected chi connectivity index (χ4v) is 2.88. The van der Waals surface area contributed by atoms with Crippen LogP contribution in [0.15, 0.2) is 78.9 Å². The normalized spacial score (nSPS) is 10.5. The first-order valence-electron chi connectivity index (χ1n) is 7.63. The average Bonchev–Trinajstić information content (AvgIpc) is 2.57. The molecule has 0 N–H and O–H groups in total. The second kappa shape index (κ2) is 6.41. The van der Waals surface area contributed by atoms with Crippen LogP contribution in [0.1, 0.15) is 18.9 Å². The molecule has 0 bridgehead atoms. The molecule has 0 saturated carbocycles. The van der Waals surface area contributed by atoms with E-state index in [1.165, 1.54) is 27.8 Å². The van der Waals surface area contributed by atoms with Crippen molar-refractivity contribution in [3.63, 3.8) is 0 Å². The second-order valence-electron chi connectivity index (χ2n) is 5.31. The molecule has 0 unspecified atom stereocenters. The second-order valence-corrected chi connectivity index (χ2v) is 5.31. The zero-order valence-electron chi connectivity index (χ0n) is 12.4. The molecule has 0 aliphatic carbocycles.